The Morgan fingerprint density at radius 2 is 2.05 bits per heavy atom. The number of carbonyl (C=O) groups excluding carboxylic acids is 1. The molecule has 5 nitrogen and oxygen atoms in total. The summed E-state index contributed by atoms with van der Waals surface area (Å²) in [6, 6.07) is 8.48. The number of benzene rings is 1. The molecular weight excluding hydrogens is 264 g/mol. The van der Waals surface area contributed by atoms with E-state index in [0.717, 1.165) is 25.9 Å². The predicted molar refractivity (Wildman–Crippen MR) is 79.8 cm³/mol. The van der Waals surface area contributed by atoms with E-state index in [1.807, 2.05) is 17.0 Å². The molecule has 0 N–H and O–H groups in total. The van der Waals surface area contributed by atoms with Crippen LogP contribution in [0.2, 0.25) is 0 Å². The van der Waals surface area contributed by atoms with E-state index in [1.54, 1.807) is 17.2 Å². The lowest BCUT2D eigenvalue weighted by Gasteiger charge is -2.16. The van der Waals surface area contributed by atoms with Crippen LogP contribution >= 0.6 is 0 Å². The molecule has 1 fully saturated rings. The molecule has 2 heterocycles. The van der Waals surface area contributed by atoms with Crippen molar-refractivity contribution in [1.29, 1.82) is 0 Å². The van der Waals surface area contributed by atoms with Crippen LogP contribution in [0.25, 0.3) is 0 Å². The summed E-state index contributed by atoms with van der Waals surface area (Å²) in [5, 5.41) is 8.33. The summed E-state index contributed by atoms with van der Waals surface area (Å²) in [5.74, 6) is 0.230. The second kappa shape index (κ2) is 6.08. The van der Waals surface area contributed by atoms with E-state index in [-0.39, 0.29) is 11.9 Å². The fourth-order valence-electron chi connectivity index (χ4n) is 2.86. The molecule has 5 heteroatoms. The van der Waals surface area contributed by atoms with Gasteiger partial charge in [-0.05, 0) is 30.9 Å². The topological polar surface area (TPSA) is 51.0 Å². The van der Waals surface area contributed by atoms with Gasteiger partial charge >= 0.3 is 0 Å². The van der Waals surface area contributed by atoms with Crippen LogP contribution in [-0.2, 0) is 11.2 Å². The van der Waals surface area contributed by atoms with Crippen LogP contribution in [0.4, 0.5) is 0 Å². The van der Waals surface area contributed by atoms with E-state index in [4.69, 9.17) is 0 Å². The van der Waals surface area contributed by atoms with E-state index < -0.39 is 0 Å². The summed E-state index contributed by atoms with van der Waals surface area (Å²) in [7, 11) is 0. The number of likely N-dealkylation sites (tertiary alicyclic amines) is 1. The number of amides is 1. The minimum atomic E-state index is 0.224. The standard InChI is InChI=1S/C16H20N4O/c1-13-4-2-3-5-14(13)6-7-16(21)19-11-8-15(12-19)20-17-9-10-18-20/h2-5,9-10,15H,6-8,11-12H2,1H3/t15-/m0/s1. The predicted octanol–water partition coefficient (Wildman–Crippen LogP) is 1.99. The van der Waals surface area contributed by atoms with Crippen LogP contribution in [0.3, 0.4) is 0 Å². The first-order valence-electron chi connectivity index (χ1n) is 7.42. The quantitative estimate of drug-likeness (QED) is 0.863. The third-order valence-electron chi connectivity index (χ3n) is 4.15. The molecule has 1 amide bonds. The maximum atomic E-state index is 12.3. The Kier molecular flexibility index (Phi) is 3.99. The van der Waals surface area contributed by atoms with Gasteiger partial charge in [-0.2, -0.15) is 15.0 Å². The Hall–Kier alpha value is -2.17. The summed E-state index contributed by atoms with van der Waals surface area (Å²) in [5.41, 5.74) is 2.51. The Balaban J connectivity index is 1.54. The zero-order valence-corrected chi connectivity index (χ0v) is 12.3. The number of hydrogen-bond donors (Lipinski definition) is 0. The molecule has 1 aromatic carbocycles. The number of aromatic nitrogens is 3. The largest absolute Gasteiger partial charge is 0.340 e. The molecule has 1 aliphatic heterocycles. The van der Waals surface area contributed by atoms with Crippen molar-refractivity contribution in [2.45, 2.75) is 32.2 Å². The van der Waals surface area contributed by atoms with Crippen molar-refractivity contribution in [3.8, 4) is 0 Å². The van der Waals surface area contributed by atoms with Crippen molar-refractivity contribution in [3.63, 3.8) is 0 Å². The van der Waals surface area contributed by atoms with E-state index >= 15 is 0 Å². The zero-order valence-electron chi connectivity index (χ0n) is 12.3. The molecule has 0 radical (unpaired) electrons. The van der Waals surface area contributed by atoms with E-state index in [1.165, 1.54) is 11.1 Å². The normalized spacial score (nSPS) is 18.1. The lowest BCUT2D eigenvalue weighted by molar-refractivity contribution is -0.130. The lowest BCUT2D eigenvalue weighted by Crippen LogP contribution is -2.29. The third kappa shape index (κ3) is 3.12. The van der Waals surface area contributed by atoms with Crippen LogP contribution in [0.15, 0.2) is 36.7 Å². The second-order valence-corrected chi connectivity index (χ2v) is 5.56. The van der Waals surface area contributed by atoms with Crippen LogP contribution in [0, 0.1) is 6.92 Å². The van der Waals surface area contributed by atoms with E-state index in [2.05, 4.69) is 29.3 Å². The van der Waals surface area contributed by atoms with Gasteiger partial charge in [0, 0.05) is 19.5 Å². The Bertz CT molecular complexity index is 608. The Morgan fingerprint density at radius 1 is 1.29 bits per heavy atom. The molecule has 21 heavy (non-hydrogen) atoms. The molecule has 0 aliphatic carbocycles. The Labute approximate surface area is 124 Å². The third-order valence-corrected chi connectivity index (χ3v) is 4.15. The van der Waals surface area contributed by atoms with Crippen molar-refractivity contribution in [3.05, 3.63) is 47.8 Å². The van der Waals surface area contributed by atoms with Gasteiger partial charge in [0.15, 0.2) is 0 Å². The van der Waals surface area contributed by atoms with Crippen LogP contribution < -0.4 is 0 Å². The highest BCUT2D eigenvalue weighted by Crippen LogP contribution is 2.21. The first-order valence-corrected chi connectivity index (χ1v) is 7.42. The van der Waals surface area contributed by atoms with Gasteiger partial charge in [0.25, 0.3) is 0 Å². The smallest absolute Gasteiger partial charge is 0.222 e. The maximum Gasteiger partial charge on any atom is 0.222 e. The van der Waals surface area contributed by atoms with Gasteiger partial charge in [0.05, 0.1) is 18.4 Å². The van der Waals surface area contributed by atoms with Gasteiger partial charge in [-0.25, -0.2) is 0 Å². The summed E-state index contributed by atoms with van der Waals surface area (Å²) < 4.78 is 0. The van der Waals surface area contributed by atoms with Gasteiger partial charge in [0.1, 0.15) is 0 Å². The zero-order chi connectivity index (χ0) is 14.7. The molecular formula is C16H20N4O. The minimum Gasteiger partial charge on any atom is -0.340 e. The average Bonchev–Trinajstić information content (AvgIpc) is 3.16. The van der Waals surface area contributed by atoms with Crippen molar-refractivity contribution in [2.24, 2.45) is 0 Å². The molecule has 1 aromatic heterocycles. The molecule has 3 rings (SSSR count). The summed E-state index contributed by atoms with van der Waals surface area (Å²) >= 11 is 0. The molecule has 0 saturated carbocycles. The number of aryl methyl sites for hydroxylation is 2. The fraction of sp³-hybridized carbons (Fsp3) is 0.438. The average molecular weight is 284 g/mol. The van der Waals surface area contributed by atoms with Crippen LogP contribution in [0.1, 0.15) is 30.0 Å². The van der Waals surface area contributed by atoms with Gasteiger partial charge in [0.2, 0.25) is 5.91 Å². The summed E-state index contributed by atoms with van der Waals surface area (Å²) in [4.78, 5) is 16.0. The second-order valence-electron chi connectivity index (χ2n) is 5.56. The van der Waals surface area contributed by atoms with Crippen molar-refractivity contribution in [2.75, 3.05) is 13.1 Å². The van der Waals surface area contributed by atoms with E-state index in [0.29, 0.717) is 6.42 Å². The molecule has 1 atom stereocenters. The highest BCUT2D eigenvalue weighted by molar-refractivity contribution is 5.76. The molecule has 0 spiro atoms. The van der Waals surface area contributed by atoms with Crippen molar-refractivity contribution in [1.82, 2.24) is 19.9 Å². The van der Waals surface area contributed by atoms with Crippen LogP contribution in [0.5, 0.6) is 0 Å². The molecule has 2 aromatic rings. The molecule has 0 bridgehead atoms. The first-order chi connectivity index (χ1) is 10.2. The van der Waals surface area contributed by atoms with Crippen molar-refractivity contribution >= 4 is 5.91 Å². The number of carbonyl (C=O) groups is 1. The SMILES string of the molecule is Cc1ccccc1CCC(=O)N1CC[C@H](n2nccn2)C1. The molecule has 110 valence electrons. The lowest BCUT2D eigenvalue weighted by atomic mass is 10.0. The van der Waals surface area contributed by atoms with Gasteiger partial charge in [-0.1, -0.05) is 24.3 Å². The highest BCUT2D eigenvalue weighted by atomic mass is 16.2. The van der Waals surface area contributed by atoms with Crippen LogP contribution in [-0.4, -0.2) is 38.9 Å². The fourth-order valence-corrected chi connectivity index (χ4v) is 2.86. The van der Waals surface area contributed by atoms with E-state index in [9.17, 15) is 4.79 Å². The summed E-state index contributed by atoms with van der Waals surface area (Å²) in [6.07, 6.45) is 5.69. The first kappa shape index (κ1) is 13.8. The van der Waals surface area contributed by atoms with Crippen molar-refractivity contribution < 1.29 is 4.79 Å². The number of hydrogen-bond acceptors (Lipinski definition) is 3. The molecule has 1 aliphatic rings. The van der Waals surface area contributed by atoms with Gasteiger partial charge < -0.3 is 4.90 Å². The Morgan fingerprint density at radius 3 is 2.81 bits per heavy atom. The number of rotatable bonds is 4. The van der Waals surface area contributed by atoms with Gasteiger partial charge in [-0.15, -0.1) is 0 Å². The molecule has 1 saturated heterocycles. The highest BCUT2D eigenvalue weighted by Gasteiger charge is 2.27. The minimum absolute atomic E-state index is 0.224. The maximum absolute atomic E-state index is 12.3. The number of nitrogens with zero attached hydrogens (tertiary/aromatic N) is 4. The summed E-state index contributed by atoms with van der Waals surface area (Å²) in [6.45, 7) is 3.62. The van der Waals surface area contributed by atoms with Gasteiger partial charge in [-0.3, -0.25) is 4.79 Å². The monoisotopic (exact) mass is 284 g/mol. The molecule has 0 unspecified atom stereocenters.